The molecule has 1 amide bonds. The molecule has 26 heavy (non-hydrogen) atoms. The number of hydrogen-bond donors (Lipinski definition) is 1. The van der Waals surface area contributed by atoms with Gasteiger partial charge in [-0.05, 0) is 54.1 Å². The van der Waals surface area contributed by atoms with Crippen molar-refractivity contribution in [1.82, 2.24) is 0 Å². The maximum atomic E-state index is 12.3. The number of carbonyl (C=O) groups excluding carboxylic acids is 2. The lowest BCUT2D eigenvalue weighted by molar-refractivity contribution is -0.153. The quantitative estimate of drug-likeness (QED) is 0.611. The van der Waals surface area contributed by atoms with Gasteiger partial charge in [-0.2, -0.15) is 0 Å². The molecule has 5 heteroatoms. The number of hydrogen-bond acceptors (Lipinski definition) is 4. The molecule has 0 aliphatic heterocycles. The molecule has 1 heterocycles. The average molecular weight is 367 g/mol. The Hall–Kier alpha value is -2.66. The molecule has 0 spiro atoms. The normalized spacial score (nSPS) is 11.9. The molecule has 3 aromatic rings. The van der Waals surface area contributed by atoms with Crippen LogP contribution in [0.15, 0.2) is 60.0 Å². The Kier molecular flexibility index (Phi) is 6.02. The number of aryl methyl sites for hydroxylation is 1. The second kappa shape index (κ2) is 8.63. The van der Waals surface area contributed by atoms with Gasteiger partial charge in [-0.3, -0.25) is 9.59 Å². The van der Waals surface area contributed by atoms with Crippen LogP contribution in [0.4, 0.5) is 5.69 Å². The van der Waals surface area contributed by atoms with E-state index in [1.165, 1.54) is 4.88 Å². The molecule has 134 valence electrons. The summed E-state index contributed by atoms with van der Waals surface area (Å²) in [6.07, 6.45) is 1.06. The molecule has 0 bridgehead atoms. The number of nitrogens with one attached hydrogen (secondary N) is 1. The molecular weight excluding hydrogens is 346 g/mol. The zero-order valence-corrected chi connectivity index (χ0v) is 15.4. The fourth-order valence-corrected chi connectivity index (χ4v) is 3.43. The molecule has 1 atom stereocenters. The van der Waals surface area contributed by atoms with Crippen LogP contribution in [0.25, 0.3) is 10.8 Å². The van der Waals surface area contributed by atoms with Gasteiger partial charge in [-0.1, -0.05) is 36.4 Å². The zero-order valence-electron chi connectivity index (χ0n) is 14.6. The molecule has 0 saturated carbocycles. The fraction of sp³-hybridized carbons (Fsp3) is 0.238. The number of rotatable bonds is 7. The third kappa shape index (κ3) is 4.92. The maximum Gasteiger partial charge on any atom is 0.306 e. The van der Waals surface area contributed by atoms with E-state index in [0.29, 0.717) is 12.1 Å². The first kappa shape index (κ1) is 18.1. The Morgan fingerprint density at radius 2 is 1.88 bits per heavy atom. The topological polar surface area (TPSA) is 55.4 Å². The highest BCUT2D eigenvalue weighted by molar-refractivity contribution is 7.09. The lowest BCUT2D eigenvalue weighted by atomic mass is 10.1. The van der Waals surface area contributed by atoms with Gasteiger partial charge in [-0.25, -0.2) is 0 Å². The van der Waals surface area contributed by atoms with E-state index in [4.69, 9.17) is 4.74 Å². The number of amides is 1. The number of esters is 1. The maximum absolute atomic E-state index is 12.3. The van der Waals surface area contributed by atoms with Crippen LogP contribution >= 0.6 is 11.3 Å². The number of fused-ring (bicyclic) bond motifs is 1. The molecule has 1 aromatic heterocycles. The standard InChI is InChI=1S/C21H21NO3S/c1-15(25-20(23)10-4-8-19-9-5-13-26-19)21(24)22-18-12-11-16-6-2-3-7-17(16)14-18/h2-3,5-7,9,11-15H,4,8,10H2,1H3,(H,22,24)/t15-/m0/s1. The van der Waals surface area contributed by atoms with Gasteiger partial charge in [0.2, 0.25) is 0 Å². The molecule has 3 rings (SSSR count). The molecule has 4 nitrogen and oxygen atoms in total. The van der Waals surface area contributed by atoms with Gasteiger partial charge in [0.25, 0.3) is 5.91 Å². The summed E-state index contributed by atoms with van der Waals surface area (Å²) in [5.74, 6) is -0.672. The lowest BCUT2D eigenvalue weighted by Crippen LogP contribution is -2.29. The Labute approximate surface area is 156 Å². The van der Waals surface area contributed by atoms with E-state index in [9.17, 15) is 9.59 Å². The highest BCUT2D eigenvalue weighted by atomic mass is 32.1. The molecule has 1 N–H and O–H groups in total. The van der Waals surface area contributed by atoms with Gasteiger partial charge in [0.05, 0.1) is 0 Å². The van der Waals surface area contributed by atoms with Gasteiger partial charge < -0.3 is 10.1 Å². The minimum atomic E-state index is -0.823. The van der Waals surface area contributed by atoms with Crippen molar-refractivity contribution in [2.24, 2.45) is 0 Å². The fourth-order valence-electron chi connectivity index (χ4n) is 2.68. The number of ether oxygens (including phenoxy) is 1. The predicted octanol–water partition coefficient (Wildman–Crippen LogP) is 4.79. The molecule has 0 aliphatic carbocycles. The largest absolute Gasteiger partial charge is 0.453 e. The van der Waals surface area contributed by atoms with Gasteiger partial charge in [0, 0.05) is 17.0 Å². The van der Waals surface area contributed by atoms with Crippen LogP contribution in [-0.4, -0.2) is 18.0 Å². The molecule has 0 unspecified atom stereocenters. The van der Waals surface area contributed by atoms with Crippen molar-refractivity contribution in [3.63, 3.8) is 0 Å². The summed E-state index contributed by atoms with van der Waals surface area (Å²) in [6, 6.07) is 17.7. The summed E-state index contributed by atoms with van der Waals surface area (Å²) >= 11 is 1.68. The number of carbonyl (C=O) groups is 2. The Morgan fingerprint density at radius 3 is 2.65 bits per heavy atom. The number of thiophene rings is 1. The van der Waals surface area contributed by atoms with Crippen LogP contribution in [0.1, 0.15) is 24.6 Å². The third-order valence-electron chi connectivity index (χ3n) is 4.08. The molecule has 0 aliphatic rings. The highest BCUT2D eigenvalue weighted by Crippen LogP contribution is 2.19. The van der Waals surface area contributed by atoms with E-state index in [0.717, 1.165) is 23.6 Å². The minimum absolute atomic E-state index is 0.311. The van der Waals surface area contributed by atoms with Crippen molar-refractivity contribution in [1.29, 1.82) is 0 Å². The summed E-state index contributed by atoms with van der Waals surface area (Å²) in [6.45, 7) is 1.59. The third-order valence-corrected chi connectivity index (χ3v) is 5.01. The van der Waals surface area contributed by atoms with Crippen molar-refractivity contribution < 1.29 is 14.3 Å². The lowest BCUT2D eigenvalue weighted by Gasteiger charge is -2.14. The average Bonchev–Trinajstić information content (AvgIpc) is 3.15. The summed E-state index contributed by atoms with van der Waals surface area (Å²) in [4.78, 5) is 25.4. The minimum Gasteiger partial charge on any atom is -0.453 e. The van der Waals surface area contributed by atoms with E-state index in [2.05, 4.69) is 11.4 Å². The number of benzene rings is 2. The zero-order chi connectivity index (χ0) is 18.4. The number of anilines is 1. The second-order valence-electron chi connectivity index (χ2n) is 6.12. The van der Waals surface area contributed by atoms with Crippen molar-refractivity contribution in [2.75, 3.05) is 5.32 Å². The van der Waals surface area contributed by atoms with E-state index in [1.54, 1.807) is 18.3 Å². The van der Waals surface area contributed by atoms with Crippen LogP contribution in [-0.2, 0) is 20.7 Å². The molecule has 0 fully saturated rings. The van der Waals surface area contributed by atoms with Gasteiger partial charge in [-0.15, -0.1) is 11.3 Å². The van der Waals surface area contributed by atoms with Crippen molar-refractivity contribution in [2.45, 2.75) is 32.3 Å². The molecule has 0 saturated heterocycles. The first-order chi connectivity index (χ1) is 12.6. The smallest absolute Gasteiger partial charge is 0.306 e. The first-order valence-corrected chi connectivity index (χ1v) is 9.51. The summed E-state index contributed by atoms with van der Waals surface area (Å²) in [5, 5.41) is 6.98. The predicted molar refractivity (Wildman–Crippen MR) is 105 cm³/mol. The van der Waals surface area contributed by atoms with E-state index in [1.807, 2.05) is 53.9 Å². The van der Waals surface area contributed by atoms with E-state index < -0.39 is 6.10 Å². The van der Waals surface area contributed by atoms with Crippen molar-refractivity contribution >= 4 is 39.7 Å². The van der Waals surface area contributed by atoms with Crippen LogP contribution in [0, 0.1) is 0 Å². The van der Waals surface area contributed by atoms with E-state index in [-0.39, 0.29) is 11.9 Å². The molecular formula is C21H21NO3S. The van der Waals surface area contributed by atoms with E-state index >= 15 is 0 Å². The summed E-state index contributed by atoms with van der Waals surface area (Å²) in [7, 11) is 0. The molecule has 2 aromatic carbocycles. The Balaban J connectivity index is 1.47. The highest BCUT2D eigenvalue weighted by Gasteiger charge is 2.17. The second-order valence-corrected chi connectivity index (χ2v) is 7.15. The van der Waals surface area contributed by atoms with Crippen LogP contribution < -0.4 is 5.32 Å². The summed E-state index contributed by atoms with van der Waals surface area (Å²) in [5.41, 5.74) is 0.689. The SMILES string of the molecule is C[C@H](OC(=O)CCCc1cccs1)C(=O)Nc1ccc2ccccc2c1. The van der Waals surface area contributed by atoms with Gasteiger partial charge in [0.15, 0.2) is 6.10 Å². The van der Waals surface area contributed by atoms with Crippen molar-refractivity contribution in [3.05, 3.63) is 64.9 Å². The Morgan fingerprint density at radius 1 is 1.08 bits per heavy atom. The van der Waals surface area contributed by atoms with Crippen LogP contribution in [0.2, 0.25) is 0 Å². The van der Waals surface area contributed by atoms with Crippen LogP contribution in [0.5, 0.6) is 0 Å². The van der Waals surface area contributed by atoms with Gasteiger partial charge in [0.1, 0.15) is 0 Å². The summed E-state index contributed by atoms with van der Waals surface area (Å²) < 4.78 is 5.24. The van der Waals surface area contributed by atoms with Gasteiger partial charge >= 0.3 is 5.97 Å². The van der Waals surface area contributed by atoms with Crippen molar-refractivity contribution in [3.8, 4) is 0 Å². The first-order valence-electron chi connectivity index (χ1n) is 8.63. The Bertz CT molecular complexity index is 889. The monoisotopic (exact) mass is 367 g/mol. The van der Waals surface area contributed by atoms with Crippen LogP contribution in [0.3, 0.4) is 0 Å². The molecule has 0 radical (unpaired) electrons.